The largest absolute Gasteiger partial charge is 0.387 e. The summed E-state index contributed by atoms with van der Waals surface area (Å²) in [4.78, 5) is 0. The molecule has 90 valence electrons. The standard InChI is InChI=1S/C11H15ClFNO2/c1-16-5-4-14-7-11(15)9-3-2-8(12)6-10(9)13/h2-3,6,11,14-15H,4-5,7H2,1H3. The van der Waals surface area contributed by atoms with Crippen molar-refractivity contribution in [1.29, 1.82) is 0 Å². The number of nitrogens with one attached hydrogen (secondary N) is 1. The van der Waals surface area contributed by atoms with Gasteiger partial charge in [-0.3, -0.25) is 0 Å². The van der Waals surface area contributed by atoms with Crippen LogP contribution in [0.1, 0.15) is 11.7 Å². The summed E-state index contributed by atoms with van der Waals surface area (Å²) in [6.07, 6.45) is -0.880. The molecule has 2 N–H and O–H groups in total. The molecule has 1 atom stereocenters. The zero-order valence-corrected chi connectivity index (χ0v) is 9.80. The van der Waals surface area contributed by atoms with Gasteiger partial charge in [0.15, 0.2) is 0 Å². The van der Waals surface area contributed by atoms with Crippen LogP contribution in [-0.4, -0.2) is 31.9 Å². The van der Waals surface area contributed by atoms with Crippen LogP contribution in [0.3, 0.4) is 0 Å². The van der Waals surface area contributed by atoms with E-state index in [1.54, 1.807) is 13.2 Å². The number of rotatable bonds is 6. The molecule has 1 aromatic carbocycles. The Labute approximate surface area is 99.2 Å². The van der Waals surface area contributed by atoms with Crippen LogP contribution >= 0.6 is 11.6 Å². The van der Waals surface area contributed by atoms with Crippen molar-refractivity contribution in [1.82, 2.24) is 5.32 Å². The lowest BCUT2D eigenvalue weighted by atomic mass is 10.1. The number of aliphatic hydroxyl groups excluding tert-OH is 1. The maximum Gasteiger partial charge on any atom is 0.130 e. The Morgan fingerprint density at radius 3 is 2.94 bits per heavy atom. The van der Waals surface area contributed by atoms with Crippen molar-refractivity contribution in [2.45, 2.75) is 6.10 Å². The van der Waals surface area contributed by atoms with Gasteiger partial charge in [0, 0.05) is 30.8 Å². The highest BCUT2D eigenvalue weighted by atomic mass is 35.5. The van der Waals surface area contributed by atoms with Gasteiger partial charge >= 0.3 is 0 Å². The Bertz CT molecular complexity index is 336. The van der Waals surface area contributed by atoms with E-state index in [0.29, 0.717) is 18.2 Å². The molecule has 0 bridgehead atoms. The van der Waals surface area contributed by atoms with E-state index in [1.165, 1.54) is 12.1 Å². The van der Waals surface area contributed by atoms with Crippen molar-refractivity contribution in [3.05, 3.63) is 34.6 Å². The van der Waals surface area contributed by atoms with E-state index >= 15 is 0 Å². The number of ether oxygens (including phenoxy) is 1. The first-order valence-electron chi connectivity index (χ1n) is 4.98. The molecule has 0 saturated heterocycles. The lowest BCUT2D eigenvalue weighted by Gasteiger charge is -2.13. The number of hydrogen-bond donors (Lipinski definition) is 2. The molecule has 0 spiro atoms. The molecule has 0 fully saturated rings. The van der Waals surface area contributed by atoms with Crippen LogP contribution in [0.5, 0.6) is 0 Å². The summed E-state index contributed by atoms with van der Waals surface area (Å²) < 4.78 is 18.2. The van der Waals surface area contributed by atoms with Gasteiger partial charge in [-0.05, 0) is 12.1 Å². The molecule has 0 aromatic heterocycles. The highest BCUT2D eigenvalue weighted by molar-refractivity contribution is 6.30. The van der Waals surface area contributed by atoms with E-state index in [1.807, 2.05) is 0 Å². The molecule has 0 radical (unpaired) electrons. The summed E-state index contributed by atoms with van der Waals surface area (Å²) in [7, 11) is 1.59. The van der Waals surface area contributed by atoms with Crippen LogP contribution in [0, 0.1) is 5.82 Å². The van der Waals surface area contributed by atoms with Crippen molar-refractivity contribution in [2.75, 3.05) is 26.8 Å². The normalized spacial score (nSPS) is 12.8. The van der Waals surface area contributed by atoms with E-state index in [9.17, 15) is 9.50 Å². The van der Waals surface area contributed by atoms with Gasteiger partial charge in [-0.15, -0.1) is 0 Å². The van der Waals surface area contributed by atoms with Crippen molar-refractivity contribution in [3.8, 4) is 0 Å². The number of methoxy groups -OCH3 is 1. The first-order chi connectivity index (χ1) is 7.65. The van der Waals surface area contributed by atoms with E-state index in [-0.39, 0.29) is 12.1 Å². The monoisotopic (exact) mass is 247 g/mol. The molecule has 0 aliphatic rings. The van der Waals surface area contributed by atoms with Gasteiger partial charge < -0.3 is 15.2 Å². The third kappa shape index (κ3) is 4.06. The molecule has 1 unspecified atom stereocenters. The molecule has 5 heteroatoms. The first-order valence-corrected chi connectivity index (χ1v) is 5.35. The molecule has 1 rings (SSSR count). The Kier molecular flexibility index (Phi) is 5.69. The SMILES string of the molecule is COCCNCC(O)c1ccc(Cl)cc1F. The van der Waals surface area contributed by atoms with Gasteiger partial charge in [-0.1, -0.05) is 17.7 Å². The summed E-state index contributed by atoms with van der Waals surface area (Å²) >= 11 is 5.61. The third-order valence-electron chi connectivity index (χ3n) is 2.14. The fourth-order valence-corrected chi connectivity index (χ4v) is 1.45. The molecule has 16 heavy (non-hydrogen) atoms. The minimum atomic E-state index is -0.880. The van der Waals surface area contributed by atoms with Crippen LogP contribution in [0.2, 0.25) is 5.02 Å². The van der Waals surface area contributed by atoms with Crippen molar-refractivity contribution in [2.24, 2.45) is 0 Å². The lowest BCUT2D eigenvalue weighted by molar-refractivity contribution is 0.158. The Hall–Kier alpha value is -0.680. The number of hydrogen-bond acceptors (Lipinski definition) is 3. The topological polar surface area (TPSA) is 41.5 Å². The van der Waals surface area contributed by atoms with E-state index in [0.717, 1.165) is 0 Å². The predicted molar refractivity (Wildman–Crippen MR) is 61.1 cm³/mol. The Morgan fingerprint density at radius 2 is 2.31 bits per heavy atom. The molecule has 0 saturated carbocycles. The highest BCUT2D eigenvalue weighted by Gasteiger charge is 2.12. The summed E-state index contributed by atoms with van der Waals surface area (Å²) in [5, 5.41) is 13.0. The second-order valence-electron chi connectivity index (χ2n) is 3.38. The molecule has 0 aliphatic carbocycles. The van der Waals surface area contributed by atoms with Crippen molar-refractivity contribution >= 4 is 11.6 Å². The molecule has 0 amide bonds. The van der Waals surface area contributed by atoms with Crippen molar-refractivity contribution in [3.63, 3.8) is 0 Å². The van der Waals surface area contributed by atoms with Gasteiger partial charge in [0.2, 0.25) is 0 Å². The average Bonchev–Trinajstić information content (AvgIpc) is 2.24. The van der Waals surface area contributed by atoms with E-state index in [2.05, 4.69) is 5.32 Å². The zero-order chi connectivity index (χ0) is 12.0. The zero-order valence-electron chi connectivity index (χ0n) is 9.04. The fraction of sp³-hybridized carbons (Fsp3) is 0.455. The van der Waals surface area contributed by atoms with Gasteiger partial charge in [0.05, 0.1) is 12.7 Å². The minimum absolute atomic E-state index is 0.245. The summed E-state index contributed by atoms with van der Waals surface area (Å²) in [6, 6.07) is 4.23. The molecular formula is C11H15ClFNO2. The van der Waals surface area contributed by atoms with Crippen molar-refractivity contribution < 1.29 is 14.2 Å². The maximum absolute atomic E-state index is 13.4. The first kappa shape index (κ1) is 13.4. The summed E-state index contributed by atoms with van der Waals surface area (Å²) in [5.74, 6) is -0.492. The minimum Gasteiger partial charge on any atom is -0.387 e. The van der Waals surface area contributed by atoms with Crippen LogP contribution in [-0.2, 0) is 4.74 Å². The average molecular weight is 248 g/mol. The fourth-order valence-electron chi connectivity index (χ4n) is 1.29. The number of halogens is 2. The number of benzene rings is 1. The second-order valence-corrected chi connectivity index (χ2v) is 3.81. The molecule has 3 nitrogen and oxygen atoms in total. The molecular weight excluding hydrogens is 233 g/mol. The van der Waals surface area contributed by atoms with Crippen LogP contribution in [0.25, 0.3) is 0 Å². The number of aliphatic hydroxyl groups is 1. The maximum atomic E-state index is 13.4. The van der Waals surface area contributed by atoms with E-state index in [4.69, 9.17) is 16.3 Å². The van der Waals surface area contributed by atoms with E-state index < -0.39 is 11.9 Å². The molecule has 1 aromatic rings. The molecule has 0 heterocycles. The van der Waals surface area contributed by atoms with Crippen LogP contribution < -0.4 is 5.32 Å². The smallest absolute Gasteiger partial charge is 0.130 e. The van der Waals surface area contributed by atoms with Gasteiger partial charge in [-0.2, -0.15) is 0 Å². The predicted octanol–water partition coefficient (Wildman–Crippen LogP) is 1.75. The summed E-state index contributed by atoms with van der Waals surface area (Å²) in [5.41, 5.74) is 0.245. The summed E-state index contributed by atoms with van der Waals surface area (Å²) in [6.45, 7) is 1.44. The third-order valence-corrected chi connectivity index (χ3v) is 2.38. The lowest BCUT2D eigenvalue weighted by Crippen LogP contribution is -2.25. The van der Waals surface area contributed by atoms with Gasteiger partial charge in [0.1, 0.15) is 5.82 Å². The van der Waals surface area contributed by atoms with Crippen LogP contribution in [0.15, 0.2) is 18.2 Å². The van der Waals surface area contributed by atoms with Gasteiger partial charge in [-0.25, -0.2) is 4.39 Å². The van der Waals surface area contributed by atoms with Gasteiger partial charge in [0.25, 0.3) is 0 Å². The quantitative estimate of drug-likeness (QED) is 0.753. The Balaban J connectivity index is 2.49. The van der Waals surface area contributed by atoms with Crippen LogP contribution in [0.4, 0.5) is 4.39 Å². The molecule has 0 aliphatic heterocycles. The second kappa shape index (κ2) is 6.81. The highest BCUT2D eigenvalue weighted by Crippen LogP contribution is 2.20. The Morgan fingerprint density at radius 1 is 1.56 bits per heavy atom.